The van der Waals surface area contributed by atoms with Crippen LogP contribution in [0, 0.1) is 0 Å². The zero-order valence-electron chi connectivity index (χ0n) is 10.2. The van der Waals surface area contributed by atoms with Crippen LogP contribution in [0.2, 0.25) is 10.0 Å². The fourth-order valence-corrected chi connectivity index (χ4v) is 2.57. The Kier molecular flexibility index (Phi) is 4.91. The molecule has 0 unspecified atom stereocenters. The number of anilines is 2. The Morgan fingerprint density at radius 1 is 1.16 bits per heavy atom. The van der Waals surface area contributed by atoms with E-state index in [9.17, 15) is 0 Å². The van der Waals surface area contributed by atoms with Crippen LogP contribution in [0.1, 0.15) is 5.56 Å². The third kappa shape index (κ3) is 3.75. The molecule has 0 amide bonds. The van der Waals surface area contributed by atoms with Crippen LogP contribution in [-0.4, -0.2) is 12.0 Å². The number of aromatic nitrogens is 1. The Bertz CT molecular complexity index is 590. The van der Waals surface area contributed by atoms with E-state index in [1.54, 1.807) is 13.1 Å². The van der Waals surface area contributed by atoms with Gasteiger partial charge in [0, 0.05) is 18.1 Å². The Morgan fingerprint density at radius 3 is 2.58 bits per heavy atom. The van der Waals surface area contributed by atoms with Gasteiger partial charge in [-0.15, -0.1) is 0 Å². The third-order valence-electron chi connectivity index (χ3n) is 2.52. The molecule has 1 aromatic carbocycles. The minimum atomic E-state index is 0.499. The van der Waals surface area contributed by atoms with Gasteiger partial charge in [0.15, 0.2) is 0 Å². The maximum Gasteiger partial charge on any atom is 0.147 e. The second-order valence-corrected chi connectivity index (χ2v) is 5.61. The topological polar surface area (TPSA) is 37.0 Å². The second kappa shape index (κ2) is 6.46. The lowest BCUT2D eigenvalue weighted by Gasteiger charge is -2.11. The quantitative estimate of drug-likeness (QED) is 0.821. The lowest BCUT2D eigenvalue weighted by atomic mass is 10.2. The molecule has 0 radical (unpaired) electrons. The summed E-state index contributed by atoms with van der Waals surface area (Å²) in [5.74, 6) is 1.21. The van der Waals surface area contributed by atoms with Gasteiger partial charge in [-0.2, -0.15) is 0 Å². The molecular weight excluding hydrogens is 349 g/mol. The molecule has 6 heteroatoms. The van der Waals surface area contributed by atoms with E-state index in [-0.39, 0.29) is 0 Å². The first-order valence-corrected chi connectivity index (χ1v) is 7.17. The Balaban J connectivity index is 2.15. The third-order valence-corrected chi connectivity index (χ3v) is 3.58. The highest BCUT2D eigenvalue weighted by atomic mass is 79.9. The van der Waals surface area contributed by atoms with Crippen molar-refractivity contribution in [3.8, 4) is 0 Å². The maximum atomic E-state index is 6.11. The number of nitrogens with zero attached hydrogens (tertiary/aromatic N) is 1. The number of hydrogen-bond donors (Lipinski definition) is 2. The highest BCUT2D eigenvalue weighted by Crippen LogP contribution is 2.29. The van der Waals surface area contributed by atoms with Gasteiger partial charge in [0.05, 0.1) is 10.0 Å². The summed E-state index contributed by atoms with van der Waals surface area (Å²) in [4.78, 5) is 4.33. The van der Waals surface area contributed by atoms with Crippen LogP contribution in [-0.2, 0) is 6.54 Å². The molecule has 3 nitrogen and oxygen atoms in total. The smallest absolute Gasteiger partial charge is 0.147 e. The van der Waals surface area contributed by atoms with Crippen LogP contribution in [0.5, 0.6) is 0 Å². The second-order valence-electron chi connectivity index (χ2n) is 3.88. The average molecular weight is 361 g/mol. The van der Waals surface area contributed by atoms with Crippen molar-refractivity contribution in [2.45, 2.75) is 6.54 Å². The van der Waals surface area contributed by atoms with Crippen molar-refractivity contribution in [1.29, 1.82) is 0 Å². The lowest BCUT2D eigenvalue weighted by molar-refractivity contribution is 1.11. The van der Waals surface area contributed by atoms with Gasteiger partial charge >= 0.3 is 0 Å². The number of benzene rings is 1. The van der Waals surface area contributed by atoms with Crippen LogP contribution in [0.4, 0.5) is 11.6 Å². The SMILES string of the molecule is CNc1nc(NCc2cccc(Br)c2)c(Cl)cc1Cl. The minimum Gasteiger partial charge on any atom is -0.372 e. The molecule has 2 aromatic rings. The highest BCUT2D eigenvalue weighted by molar-refractivity contribution is 9.10. The summed E-state index contributed by atoms with van der Waals surface area (Å²) in [5, 5.41) is 7.12. The number of nitrogens with one attached hydrogen (secondary N) is 2. The van der Waals surface area contributed by atoms with E-state index in [1.165, 1.54) is 0 Å². The van der Waals surface area contributed by atoms with Gasteiger partial charge in [-0.25, -0.2) is 4.98 Å². The molecule has 0 bridgehead atoms. The van der Waals surface area contributed by atoms with Gasteiger partial charge < -0.3 is 10.6 Å². The van der Waals surface area contributed by atoms with Crippen molar-refractivity contribution in [1.82, 2.24) is 4.98 Å². The van der Waals surface area contributed by atoms with Crippen molar-refractivity contribution < 1.29 is 0 Å². The van der Waals surface area contributed by atoms with Crippen molar-refractivity contribution in [3.05, 3.63) is 50.4 Å². The molecule has 0 aliphatic rings. The zero-order valence-corrected chi connectivity index (χ0v) is 13.3. The molecule has 2 N–H and O–H groups in total. The van der Waals surface area contributed by atoms with Gasteiger partial charge in [0.2, 0.25) is 0 Å². The number of halogens is 3. The highest BCUT2D eigenvalue weighted by Gasteiger charge is 2.08. The molecule has 0 saturated carbocycles. The Labute approximate surface area is 130 Å². The summed E-state index contributed by atoms with van der Waals surface area (Å²) in [6.07, 6.45) is 0. The lowest BCUT2D eigenvalue weighted by Crippen LogP contribution is -2.04. The van der Waals surface area contributed by atoms with Crippen molar-refractivity contribution in [2.75, 3.05) is 17.7 Å². The molecule has 0 atom stereocenters. The van der Waals surface area contributed by atoms with E-state index in [4.69, 9.17) is 23.2 Å². The monoisotopic (exact) mass is 359 g/mol. The van der Waals surface area contributed by atoms with Crippen LogP contribution in [0.3, 0.4) is 0 Å². The van der Waals surface area contributed by atoms with Crippen LogP contribution < -0.4 is 10.6 Å². The molecule has 0 spiro atoms. The van der Waals surface area contributed by atoms with Gasteiger partial charge in [-0.05, 0) is 23.8 Å². The summed E-state index contributed by atoms with van der Waals surface area (Å²) in [6, 6.07) is 9.70. The number of hydrogen-bond acceptors (Lipinski definition) is 3. The van der Waals surface area contributed by atoms with E-state index in [0.717, 1.165) is 10.0 Å². The first-order chi connectivity index (χ1) is 9.10. The normalized spacial score (nSPS) is 10.3. The standard InChI is InChI=1S/C13H12BrCl2N3/c1-17-12-10(15)6-11(16)13(19-12)18-7-8-3-2-4-9(14)5-8/h2-6H,7H2,1H3,(H2,17,18,19). The van der Waals surface area contributed by atoms with Crippen LogP contribution in [0.25, 0.3) is 0 Å². The molecule has 1 heterocycles. The maximum absolute atomic E-state index is 6.11. The summed E-state index contributed by atoms with van der Waals surface area (Å²) in [5.41, 5.74) is 1.13. The Morgan fingerprint density at radius 2 is 1.89 bits per heavy atom. The van der Waals surface area contributed by atoms with E-state index < -0.39 is 0 Å². The van der Waals surface area contributed by atoms with Gasteiger partial charge in [0.1, 0.15) is 11.6 Å². The van der Waals surface area contributed by atoms with Crippen LogP contribution in [0.15, 0.2) is 34.8 Å². The molecule has 0 aliphatic heterocycles. The first kappa shape index (κ1) is 14.4. The van der Waals surface area contributed by atoms with E-state index >= 15 is 0 Å². The van der Waals surface area contributed by atoms with Gasteiger partial charge in [-0.1, -0.05) is 51.3 Å². The fraction of sp³-hybridized carbons (Fsp3) is 0.154. The average Bonchev–Trinajstić information content (AvgIpc) is 2.38. The zero-order chi connectivity index (χ0) is 13.8. The van der Waals surface area contributed by atoms with Crippen molar-refractivity contribution in [3.63, 3.8) is 0 Å². The summed E-state index contributed by atoms with van der Waals surface area (Å²) in [6.45, 7) is 0.636. The van der Waals surface area contributed by atoms with Crippen molar-refractivity contribution in [2.24, 2.45) is 0 Å². The predicted octanol–water partition coefficient (Wildman–Crippen LogP) is 4.80. The molecular formula is C13H12BrCl2N3. The Hall–Kier alpha value is -0.970. The molecule has 100 valence electrons. The molecule has 1 aromatic heterocycles. The molecule has 0 fully saturated rings. The fourth-order valence-electron chi connectivity index (χ4n) is 1.60. The largest absolute Gasteiger partial charge is 0.372 e. The predicted molar refractivity (Wildman–Crippen MR) is 85.3 cm³/mol. The van der Waals surface area contributed by atoms with Crippen molar-refractivity contribution >= 4 is 50.8 Å². The molecule has 19 heavy (non-hydrogen) atoms. The molecule has 0 aliphatic carbocycles. The van der Waals surface area contributed by atoms with Gasteiger partial charge in [-0.3, -0.25) is 0 Å². The number of rotatable bonds is 4. The van der Waals surface area contributed by atoms with E-state index in [2.05, 4.69) is 31.5 Å². The molecule has 0 saturated heterocycles. The van der Waals surface area contributed by atoms with E-state index in [0.29, 0.717) is 28.2 Å². The van der Waals surface area contributed by atoms with Crippen LogP contribution >= 0.6 is 39.1 Å². The summed E-state index contributed by atoms with van der Waals surface area (Å²) in [7, 11) is 1.76. The first-order valence-electron chi connectivity index (χ1n) is 5.62. The van der Waals surface area contributed by atoms with E-state index in [1.807, 2.05) is 24.3 Å². The summed E-state index contributed by atoms with van der Waals surface area (Å²) >= 11 is 15.5. The van der Waals surface area contributed by atoms with Gasteiger partial charge in [0.25, 0.3) is 0 Å². The minimum absolute atomic E-state index is 0.499. The number of pyridine rings is 1. The molecule has 2 rings (SSSR count). The summed E-state index contributed by atoms with van der Waals surface area (Å²) < 4.78 is 1.04.